The standard InChI is InChI=1S/C6H10N4O3S/c1-10-8-5(7-9-10)6(11)2-3-14(12,13)4-6/h11H,2-4H2,1H3. The zero-order valence-electron chi connectivity index (χ0n) is 7.58. The summed E-state index contributed by atoms with van der Waals surface area (Å²) in [6, 6.07) is 0. The lowest BCUT2D eigenvalue weighted by molar-refractivity contribution is 0.0554. The molecule has 14 heavy (non-hydrogen) atoms. The highest BCUT2D eigenvalue weighted by Crippen LogP contribution is 2.30. The normalized spacial score (nSPS) is 30.7. The number of hydrogen-bond donors (Lipinski definition) is 1. The zero-order valence-corrected chi connectivity index (χ0v) is 8.40. The van der Waals surface area contributed by atoms with Gasteiger partial charge >= 0.3 is 0 Å². The maximum Gasteiger partial charge on any atom is 0.207 e. The van der Waals surface area contributed by atoms with Crippen LogP contribution in [0.2, 0.25) is 0 Å². The molecule has 0 saturated carbocycles. The van der Waals surface area contributed by atoms with Gasteiger partial charge in [-0.3, -0.25) is 0 Å². The molecule has 0 aliphatic carbocycles. The Morgan fingerprint density at radius 2 is 2.29 bits per heavy atom. The number of sulfone groups is 1. The SMILES string of the molecule is Cn1nnc(C2(O)CCS(=O)(=O)C2)n1. The first-order chi connectivity index (χ1) is 6.41. The third-order valence-electron chi connectivity index (χ3n) is 2.21. The lowest BCUT2D eigenvalue weighted by Gasteiger charge is -2.14. The second-order valence-corrected chi connectivity index (χ2v) is 5.66. The maximum atomic E-state index is 11.2. The van der Waals surface area contributed by atoms with Crippen molar-refractivity contribution in [2.45, 2.75) is 12.0 Å². The Bertz CT molecular complexity index is 453. The minimum atomic E-state index is -3.16. The Balaban J connectivity index is 2.36. The number of nitrogens with zero attached hydrogens (tertiary/aromatic N) is 4. The molecule has 1 unspecified atom stereocenters. The summed E-state index contributed by atoms with van der Waals surface area (Å²) in [7, 11) is -1.60. The molecule has 0 spiro atoms. The summed E-state index contributed by atoms with van der Waals surface area (Å²) >= 11 is 0. The Kier molecular flexibility index (Phi) is 1.86. The van der Waals surface area contributed by atoms with Crippen LogP contribution in [-0.2, 0) is 22.5 Å². The van der Waals surface area contributed by atoms with Crippen LogP contribution < -0.4 is 0 Å². The molecule has 2 rings (SSSR count). The van der Waals surface area contributed by atoms with E-state index in [4.69, 9.17) is 0 Å². The molecule has 0 amide bonds. The van der Waals surface area contributed by atoms with E-state index in [1.165, 1.54) is 4.80 Å². The summed E-state index contributed by atoms with van der Waals surface area (Å²) in [6.45, 7) is 0. The third kappa shape index (κ3) is 1.50. The van der Waals surface area contributed by atoms with E-state index in [0.717, 1.165) is 0 Å². The van der Waals surface area contributed by atoms with Crippen LogP contribution in [0.3, 0.4) is 0 Å². The number of rotatable bonds is 1. The average Bonchev–Trinajstić information content (AvgIpc) is 2.57. The highest BCUT2D eigenvalue weighted by molar-refractivity contribution is 7.91. The molecule has 2 heterocycles. The largest absolute Gasteiger partial charge is 0.381 e. The van der Waals surface area contributed by atoms with Gasteiger partial charge in [0.1, 0.15) is 5.60 Å². The molecule has 1 N–H and O–H groups in total. The molecule has 0 bridgehead atoms. The van der Waals surface area contributed by atoms with Crippen molar-refractivity contribution in [3.63, 3.8) is 0 Å². The Morgan fingerprint density at radius 3 is 2.71 bits per heavy atom. The highest BCUT2D eigenvalue weighted by atomic mass is 32.2. The lowest BCUT2D eigenvalue weighted by Crippen LogP contribution is -2.28. The van der Waals surface area contributed by atoms with Crippen LogP contribution in [0, 0.1) is 0 Å². The number of aromatic nitrogens is 4. The molecular weight excluding hydrogens is 208 g/mol. The smallest absolute Gasteiger partial charge is 0.207 e. The molecular formula is C6H10N4O3S. The summed E-state index contributed by atoms with van der Waals surface area (Å²) in [5.74, 6) is -0.256. The van der Waals surface area contributed by atoms with Crippen LogP contribution in [0.25, 0.3) is 0 Å². The van der Waals surface area contributed by atoms with E-state index in [9.17, 15) is 13.5 Å². The number of aryl methyl sites for hydroxylation is 1. The molecule has 1 saturated heterocycles. The first kappa shape index (κ1) is 9.53. The number of aliphatic hydroxyl groups is 1. The number of tetrazole rings is 1. The van der Waals surface area contributed by atoms with Crippen LogP contribution in [-0.4, -0.2) is 45.2 Å². The molecule has 1 aliphatic heterocycles. The van der Waals surface area contributed by atoms with Gasteiger partial charge in [-0.15, -0.1) is 10.2 Å². The van der Waals surface area contributed by atoms with Crippen LogP contribution in [0.5, 0.6) is 0 Å². The van der Waals surface area contributed by atoms with Crippen molar-refractivity contribution >= 4 is 9.84 Å². The summed E-state index contributed by atoms with van der Waals surface area (Å²) < 4.78 is 22.4. The monoisotopic (exact) mass is 218 g/mol. The van der Waals surface area contributed by atoms with Gasteiger partial charge in [0.2, 0.25) is 5.82 Å². The fourth-order valence-electron chi connectivity index (χ4n) is 1.48. The van der Waals surface area contributed by atoms with E-state index in [1.807, 2.05) is 0 Å². The molecule has 1 aromatic heterocycles. The first-order valence-corrected chi connectivity index (χ1v) is 5.91. The summed E-state index contributed by atoms with van der Waals surface area (Å²) in [5.41, 5.74) is -1.45. The predicted octanol–water partition coefficient (Wildman–Crippen LogP) is -1.78. The van der Waals surface area contributed by atoms with E-state index < -0.39 is 15.4 Å². The van der Waals surface area contributed by atoms with Crippen LogP contribution in [0.15, 0.2) is 0 Å². The Labute approximate surface area is 80.7 Å². The predicted molar refractivity (Wildman–Crippen MR) is 46.0 cm³/mol. The second kappa shape index (κ2) is 2.74. The van der Waals surface area contributed by atoms with Crippen molar-refractivity contribution in [1.82, 2.24) is 20.2 Å². The van der Waals surface area contributed by atoms with E-state index in [-0.39, 0.29) is 23.8 Å². The lowest BCUT2D eigenvalue weighted by atomic mass is 10.0. The fourth-order valence-corrected chi connectivity index (χ4v) is 3.27. The van der Waals surface area contributed by atoms with Crippen molar-refractivity contribution in [1.29, 1.82) is 0 Å². The van der Waals surface area contributed by atoms with Crippen molar-refractivity contribution in [2.24, 2.45) is 7.05 Å². The maximum absolute atomic E-state index is 11.2. The number of hydrogen-bond acceptors (Lipinski definition) is 6. The van der Waals surface area contributed by atoms with Crippen molar-refractivity contribution in [3.8, 4) is 0 Å². The first-order valence-electron chi connectivity index (χ1n) is 4.09. The van der Waals surface area contributed by atoms with Gasteiger partial charge in [0.15, 0.2) is 9.84 Å². The topological polar surface area (TPSA) is 98.0 Å². The molecule has 1 aliphatic rings. The molecule has 1 atom stereocenters. The summed E-state index contributed by atoms with van der Waals surface area (Å²) in [6.07, 6.45) is 0.140. The summed E-state index contributed by atoms with van der Waals surface area (Å²) in [4.78, 5) is 1.19. The van der Waals surface area contributed by atoms with E-state index >= 15 is 0 Å². The van der Waals surface area contributed by atoms with Crippen molar-refractivity contribution in [3.05, 3.63) is 5.82 Å². The molecule has 8 heteroatoms. The molecule has 1 aromatic rings. The van der Waals surface area contributed by atoms with Gasteiger partial charge in [-0.25, -0.2) is 8.42 Å². The minimum Gasteiger partial charge on any atom is -0.381 e. The summed E-state index contributed by atoms with van der Waals surface area (Å²) in [5, 5.41) is 20.9. The third-order valence-corrected chi connectivity index (χ3v) is 3.95. The van der Waals surface area contributed by atoms with Gasteiger partial charge in [0.25, 0.3) is 0 Å². The van der Waals surface area contributed by atoms with Crippen LogP contribution in [0.1, 0.15) is 12.2 Å². The molecule has 7 nitrogen and oxygen atoms in total. The van der Waals surface area contributed by atoms with Crippen LogP contribution >= 0.6 is 0 Å². The Hall–Kier alpha value is -1.02. The van der Waals surface area contributed by atoms with E-state index in [1.54, 1.807) is 7.05 Å². The van der Waals surface area contributed by atoms with Gasteiger partial charge in [-0.1, -0.05) is 0 Å². The average molecular weight is 218 g/mol. The highest BCUT2D eigenvalue weighted by Gasteiger charge is 2.45. The molecule has 0 radical (unpaired) electrons. The quantitative estimate of drug-likeness (QED) is 0.598. The fraction of sp³-hybridized carbons (Fsp3) is 0.833. The minimum absolute atomic E-state index is 0.0260. The van der Waals surface area contributed by atoms with Gasteiger partial charge in [-0.05, 0) is 11.6 Å². The van der Waals surface area contributed by atoms with Crippen LogP contribution in [0.4, 0.5) is 0 Å². The second-order valence-electron chi connectivity index (χ2n) is 3.48. The van der Waals surface area contributed by atoms with Gasteiger partial charge in [-0.2, -0.15) is 4.80 Å². The van der Waals surface area contributed by atoms with Crippen molar-refractivity contribution in [2.75, 3.05) is 11.5 Å². The molecule has 1 fully saturated rings. The van der Waals surface area contributed by atoms with Gasteiger partial charge < -0.3 is 5.11 Å². The zero-order chi connectivity index (χ0) is 10.4. The van der Waals surface area contributed by atoms with E-state index in [2.05, 4.69) is 15.4 Å². The molecule has 78 valence electrons. The Morgan fingerprint density at radius 1 is 1.57 bits per heavy atom. The molecule has 0 aromatic carbocycles. The van der Waals surface area contributed by atoms with Gasteiger partial charge in [0.05, 0.1) is 18.6 Å². The van der Waals surface area contributed by atoms with E-state index in [0.29, 0.717) is 0 Å². The van der Waals surface area contributed by atoms with Crippen molar-refractivity contribution < 1.29 is 13.5 Å². The van der Waals surface area contributed by atoms with Gasteiger partial charge in [0, 0.05) is 0 Å².